The average molecular weight is 379 g/mol. The van der Waals surface area contributed by atoms with E-state index in [9.17, 15) is 9.90 Å². The second kappa shape index (κ2) is 10.8. The molecule has 2 atom stereocenters. The van der Waals surface area contributed by atoms with Gasteiger partial charge in [-0.3, -0.25) is 4.79 Å². The number of ether oxygens (including phenoxy) is 1. The first-order valence-corrected chi connectivity index (χ1v) is 8.47. The topological polar surface area (TPSA) is 84.6 Å². The number of carbonyl (C=O) groups excluding carboxylic acids is 1. The van der Waals surface area contributed by atoms with E-state index in [0.29, 0.717) is 12.0 Å². The average Bonchev–Trinajstić information content (AvgIpc) is 2.60. The van der Waals surface area contributed by atoms with Crippen LogP contribution in [0.1, 0.15) is 31.1 Å². The summed E-state index contributed by atoms with van der Waals surface area (Å²) in [6, 6.07) is 16.2. The lowest BCUT2D eigenvalue weighted by atomic mass is 10.1. The van der Waals surface area contributed by atoms with Gasteiger partial charge in [0.2, 0.25) is 5.91 Å². The molecule has 0 radical (unpaired) electrons. The van der Waals surface area contributed by atoms with E-state index in [4.69, 9.17) is 10.5 Å². The van der Waals surface area contributed by atoms with E-state index in [0.717, 1.165) is 11.3 Å². The predicted molar refractivity (Wildman–Crippen MR) is 106 cm³/mol. The van der Waals surface area contributed by atoms with Crippen LogP contribution in [0.25, 0.3) is 0 Å². The first-order valence-electron chi connectivity index (χ1n) is 8.47. The normalized spacial score (nSPS) is 12.8. The summed E-state index contributed by atoms with van der Waals surface area (Å²) < 4.78 is 5.57. The fourth-order valence-electron chi connectivity index (χ4n) is 2.45. The SMILES string of the molecule is CC(C)Oc1ccc(C(O)CNC(=O)[C@@H](N)Cc2ccccc2)cc1.Cl. The molecule has 0 aliphatic rings. The number of nitrogens with two attached hydrogens (primary N) is 1. The quantitative estimate of drug-likeness (QED) is 0.659. The van der Waals surface area contributed by atoms with Crippen molar-refractivity contribution in [3.8, 4) is 5.75 Å². The maximum absolute atomic E-state index is 12.1. The van der Waals surface area contributed by atoms with Crippen molar-refractivity contribution in [1.82, 2.24) is 5.32 Å². The van der Waals surface area contributed by atoms with Crippen molar-refractivity contribution in [3.05, 3.63) is 65.7 Å². The molecule has 26 heavy (non-hydrogen) atoms. The standard InChI is InChI=1S/C20H26N2O3.ClH/c1-14(2)25-17-10-8-16(9-11-17)19(23)13-22-20(24)18(21)12-15-6-4-3-5-7-15;/h3-11,14,18-19,23H,12-13,21H2,1-2H3,(H,22,24);1H/t18-,19?;/m0./s1. The lowest BCUT2D eigenvalue weighted by Gasteiger charge is -2.16. The highest BCUT2D eigenvalue weighted by molar-refractivity contribution is 5.85. The number of rotatable bonds is 8. The fraction of sp³-hybridized carbons (Fsp3) is 0.350. The molecule has 0 heterocycles. The van der Waals surface area contributed by atoms with Crippen molar-refractivity contribution in [1.29, 1.82) is 0 Å². The maximum Gasteiger partial charge on any atom is 0.237 e. The van der Waals surface area contributed by atoms with Crippen molar-refractivity contribution in [2.45, 2.75) is 38.5 Å². The van der Waals surface area contributed by atoms with Gasteiger partial charge >= 0.3 is 0 Å². The Morgan fingerprint density at radius 2 is 1.73 bits per heavy atom. The Bertz CT molecular complexity index is 663. The van der Waals surface area contributed by atoms with Crippen LogP contribution in [0.5, 0.6) is 5.75 Å². The predicted octanol–water partition coefficient (Wildman–Crippen LogP) is 2.62. The molecule has 0 aromatic heterocycles. The lowest BCUT2D eigenvalue weighted by molar-refractivity contribution is -0.122. The molecule has 0 aliphatic heterocycles. The summed E-state index contributed by atoms with van der Waals surface area (Å²) in [5.41, 5.74) is 7.65. The minimum absolute atomic E-state index is 0. The highest BCUT2D eigenvalue weighted by atomic mass is 35.5. The molecule has 1 unspecified atom stereocenters. The summed E-state index contributed by atoms with van der Waals surface area (Å²) in [5.74, 6) is 0.475. The van der Waals surface area contributed by atoms with Crippen LogP contribution in [0.15, 0.2) is 54.6 Å². The zero-order valence-electron chi connectivity index (χ0n) is 15.1. The molecule has 0 saturated heterocycles. The van der Waals surface area contributed by atoms with Gasteiger partial charge in [0.05, 0.1) is 18.2 Å². The van der Waals surface area contributed by atoms with Crippen LogP contribution < -0.4 is 15.8 Å². The molecule has 1 amide bonds. The van der Waals surface area contributed by atoms with Crippen molar-refractivity contribution in [2.75, 3.05) is 6.54 Å². The van der Waals surface area contributed by atoms with E-state index >= 15 is 0 Å². The number of aliphatic hydroxyl groups excluding tert-OH is 1. The first-order chi connectivity index (χ1) is 12.0. The van der Waals surface area contributed by atoms with Gasteiger partial charge in [0, 0.05) is 6.54 Å². The second-order valence-electron chi connectivity index (χ2n) is 6.29. The highest BCUT2D eigenvalue weighted by Gasteiger charge is 2.16. The third kappa shape index (κ3) is 7.04. The summed E-state index contributed by atoms with van der Waals surface area (Å²) in [7, 11) is 0. The minimum atomic E-state index is -0.791. The largest absolute Gasteiger partial charge is 0.491 e. The van der Waals surface area contributed by atoms with Crippen molar-refractivity contribution in [3.63, 3.8) is 0 Å². The Morgan fingerprint density at radius 3 is 2.31 bits per heavy atom. The molecule has 2 aromatic rings. The van der Waals surface area contributed by atoms with Gasteiger partial charge in [0.15, 0.2) is 0 Å². The minimum Gasteiger partial charge on any atom is -0.491 e. The smallest absolute Gasteiger partial charge is 0.237 e. The van der Waals surface area contributed by atoms with E-state index < -0.39 is 12.1 Å². The summed E-state index contributed by atoms with van der Waals surface area (Å²) in [6.07, 6.45) is -0.230. The van der Waals surface area contributed by atoms with Gasteiger partial charge < -0.3 is 20.9 Å². The molecule has 142 valence electrons. The zero-order chi connectivity index (χ0) is 18.2. The third-order valence-electron chi connectivity index (χ3n) is 3.74. The number of carbonyl (C=O) groups is 1. The summed E-state index contributed by atoms with van der Waals surface area (Å²) in [6.45, 7) is 4.03. The van der Waals surface area contributed by atoms with Gasteiger partial charge in [0.25, 0.3) is 0 Å². The molecule has 0 aliphatic carbocycles. The van der Waals surface area contributed by atoms with Crippen molar-refractivity contribution >= 4 is 18.3 Å². The molecule has 4 N–H and O–H groups in total. The van der Waals surface area contributed by atoms with Crippen molar-refractivity contribution < 1.29 is 14.6 Å². The lowest BCUT2D eigenvalue weighted by Crippen LogP contribution is -2.43. The monoisotopic (exact) mass is 378 g/mol. The molecule has 0 spiro atoms. The van der Waals surface area contributed by atoms with E-state index in [1.807, 2.05) is 56.3 Å². The molecule has 2 aromatic carbocycles. The summed E-state index contributed by atoms with van der Waals surface area (Å²) >= 11 is 0. The van der Waals surface area contributed by atoms with Crippen LogP contribution in [0.2, 0.25) is 0 Å². The fourth-order valence-corrected chi connectivity index (χ4v) is 2.45. The summed E-state index contributed by atoms with van der Waals surface area (Å²) in [4.78, 5) is 12.1. The molecule has 0 fully saturated rings. The number of hydrogen-bond acceptors (Lipinski definition) is 4. The Morgan fingerprint density at radius 1 is 1.12 bits per heavy atom. The van der Waals surface area contributed by atoms with Crippen molar-refractivity contribution in [2.24, 2.45) is 5.73 Å². The van der Waals surface area contributed by atoms with E-state index in [1.54, 1.807) is 12.1 Å². The molecule has 0 saturated carbocycles. The van der Waals surface area contributed by atoms with Crippen LogP contribution in [0.3, 0.4) is 0 Å². The number of aliphatic hydroxyl groups is 1. The highest BCUT2D eigenvalue weighted by Crippen LogP contribution is 2.18. The zero-order valence-corrected chi connectivity index (χ0v) is 15.9. The van der Waals surface area contributed by atoms with Gasteiger partial charge in [-0.05, 0) is 43.5 Å². The Balaban J connectivity index is 0.00000338. The maximum atomic E-state index is 12.1. The van der Waals surface area contributed by atoms with Gasteiger partial charge in [-0.1, -0.05) is 42.5 Å². The summed E-state index contributed by atoms with van der Waals surface area (Å²) in [5, 5.41) is 12.9. The molecular weight excluding hydrogens is 352 g/mol. The van der Waals surface area contributed by atoms with Crippen LogP contribution in [-0.2, 0) is 11.2 Å². The third-order valence-corrected chi connectivity index (χ3v) is 3.74. The number of hydrogen-bond donors (Lipinski definition) is 3. The molecule has 2 rings (SSSR count). The van der Waals surface area contributed by atoms with E-state index in [2.05, 4.69) is 5.32 Å². The molecule has 6 heteroatoms. The Hall–Kier alpha value is -2.08. The number of amides is 1. The number of halogens is 1. The van der Waals surface area contributed by atoms with E-state index in [-0.39, 0.29) is 31.0 Å². The van der Waals surface area contributed by atoms with Crippen LogP contribution >= 0.6 is 12.4 Å². The van der Waals surface area contributed by atoms with Crippen LogP contribution in [-0.4, -0.2) is 29.7 Å². The second-order valence-corrected chi connectivity index (χ2v) is 6.29. The molecule has 0 bridgehead atoms. The van der Waals surface area contributed by atoms with Gasteiger partial charge in [-0.15, -0.1) is 12.4 Å². The Kier molecular flexibility index (Phi) is 9.13. The van der Waals surface area contributed by atoms with Gasteiger partial charge in [0.1, 0.15) is 5.75 Å². The first kappa shape index (κ1) is 22.0. The van der Waals surface area contributed by atoms with E-state index in [1.165, 1.54) is 0 Å². The van der Waals surface area contributed by atoms with Gasteiger partial charge in [-0.2, -0.15) is 0 Å². The molecule has 5 nitrogen and oxygen atoms in total. The van der Waals surface area contributed by atoms with Crippen LogP contribution in [0, 0.1) is 0 Å². The van der Waals surface area contributed by atoms with Crippen LogP contribution in [0.4, 0.5) is 0 Å². The van der Waals surface area contributed by atoms with Gasteiger partial charge in [-0.25, -0.2) is 0 Å². The Labute approximate surface area is 161 Å². The molecular formula is C20H27ClN2O3. The number of benzene rings is 2. The number of nitrogens with one attached hydrogen (secondary N) is 1.